The summed E-state index contributed by atoms with van der Waals surface area (Å²) in [5, 5.41) is 47.6. The van der Waals surface area contributed by atoms with Crippen LogP contribution in [0.25, 0.3) is 0 Å². The Kier molecular flexibility index (Phi) is 6.55. The number of hydrogen-bond acceptors (Lipinski definition) is 9. The van der Waals surface area contributed by atoms with Crippen molar-refractivity contribution in [3.8, 4) is 11.5 Å². The molecule has 1 amide bonds. The standard InChI is InChI=1S/C32H40N2O8/c1-13-19-6-5-14(25(13)31(19,2)3)11-34-12-16-9-20(35)23-18(27(16)42-4)8-15-7-17-10-21(36)24(30(33)40)29(39)32(17,41)28(38)22(15)26(23)37/h9,13-15,17,19,25,34-36,38,41H,5-8,10-12H2,1-4H3,(H2,33,40)/t13?,14-,15?,17-,19?,25?,32-/m0/s1. The van der Waals surface area contributed by atoms with Gasteiger partial charge in [0.15, 0.2) is 11.4 Å². The largest absolute Gasteiger partial charge is 0.511 e. The molecule has 1 aromatic rings. The molecule has 10 nitrogen and oxygen atoms in total. The molecule has 7 rings (SSSR count). The van der Waals surface area contributed by atoms with Crippen molar-refractivity contribution in [1.29, 1.82) is 0 Å². The first-order valence-electron chi connectivity index (χ1n) is 14.8. The molecule has 6 aliphatic rings. The van der Waals surface area contributed by atoms with Crippen LogP contribution in [0.4, 0.5) is 0 Å². The maximum absolute atomic E-state index is 13.8. The highest BCUT2D eigenvalue weighted by Gasteiger charge is 2.60. The Balaban J connectivity index is 1.30. The van der Waals surface area contributed by atoms with E-state index in [9.17, 15) is 34.8 Å². The number of rotatable bonds is 6. The molecule has 4 unspecified atom stereocenters. The first kappa shape index (κ1) is 28.7. The summed E-state index contributed by atoms with van der Waals surface area (Å²) >= 11 is 0. The molecule has 0 aliphatic heterocycles. The van der Waals surface area contributed by atoms with E-state index in [1.54, 1.807) is 0 Å². The van der Waals surface area contributed by atoms with Gasteiger partial charge in [0.1, 0.15) is 28.6 Å². The van der Waals surface area contributed by atoms with Gasteiger partial charge in [0.25, 0.3) is 5.91 Å². The molecule has 3 saturated carbocycles. The van der Waals surface area contributed by atoms with Gasteiger partial charge in [-0.25, -0.2) is 0 Å². The van der Waals surface area contributed by atoms with Crippen molar-refractivity contribution in [3.63, 3.8) is 0 Å². The second-order valence-electron chi connectivity index (χ2n) is 13.6. The summed E-state index contributed by atoms with van der Waals surface area (Å²) in [5.41, 5.74) is 3.23. The summed E-state index contributed by atoms with van der Waals surface area (Å²) in [4.78, 5) is 38.8. The topological polar surface area (TPSA) is 179 Å². The lowest BCUT2D eigenvalue weighted by Gasteiger charge is -2.65. The molecule has 7 atom stereocenters. The molecule has 0 radical (unpaired) electrons. The highest BCUT2D eigenvalue weighted by atomic mass is 16.5. The van der Waals surface area contributed by atoms with E-state index >= 15 is 0 Å². The minimum atomic E-state index is -2.58. The molecule has 2 bridgehead atoms. The fraction of sp³-hybridized carbons (Fsp3) is 0.594. The Hall–Kier alpha value is -3.37. The SMILES string of the molecule is COc1c(CNC[C@@H]2CCC3C(C)C2C3(C)C)cc(O)c2c1CC1C[C@H]3CC(O)=C(C(N)=O)C(=O)[C@@]3(O)C(O)=C1C2=O. The first-order chi connectivity index (χ1) is 19.7. The maximum atomic E-state index is 13.8. The third-order valence-electron chi connectivity index (χ3n) is 11.4. The molecule has 10 heteroatoms. The van der Waals surface area contributed by atoms with Gasteiger partial charge in [-0.3, -0.25) is 14.4 Å². The van der Waals surface area contributed by atoms with Gasteiger partial charge in [0, 0.05) is 35.6 Å². The van der Waals surface area contributed by atoms with Gasteiger partial charge in [0.05, 0.1) is 12.7 Å². The number of methoxy groups -OCH3 is 1. The summed E-state index contributed by atoms with van der Waals surface area (Å²) in [7, 11) is 1.51. The number of Topliss-reactive ketones (excluding diaryl/α,β-unsaturated/α-hetero) is 2. The predicted octanol–water partition coefficient (Wildman–Crippen LogP) is 3.00. The number of fused-ring (bicyclic) bond motifs is 5. The number of nitrogens with two attached hydrogens (primary N) is 1. The summed E-state index contributed by atoms with van der Waals surface area (Å²) in [6.07, 6.45) is 2.45. The van der Waals surface area contributed by atoms with E-state index in [0.29, 0.717) is 40.7 Å². The zero-order valence-corrected chi connectivity index (χ0v) is 24.5. The molecular weight excluding hydrogens is 540 g/mol. The zero-order valence-electron chi connectivity index (χ0n) is 24.5. The first-order valence-corrected chi connectivity index (χ1v) is 14.8. The summed E-state index contributed by atoms with van der Waals surface area (Å²) in [6, 6.07) is 1.49. The van der Waals surface area contributed by atoms with E-state index in [4.69, 9.17) is 10.5 Å². The number of aliphatic hydroxyl groups is 3. The van der Waals surface area contributed by atoms with Crippen LogP contribution in [0.5, 0.6) is 11.5 Å². The fourth-order valence-electron chi connectivity index (χ4n) is 9.72. The van der Waals surface area contributed by atoms with Crippen molar-refractivity contribution < 1.29 is 39.5 Å². The molecule has 7 N–H and O–H groups in total. The number of carbonyl (C=O) groups excluding carboxylic acids is 3. The van der Waals surface area contributed by atoms with E-state index < -0.39 is 52.0 Å². The van der Waals surface area contributed by atoms with Gasteiger partial charge in [0.2, 0.25) is 5.78 Å². The van der Waals surface area contributed by atoms with Crippen molar-refractivity contribution in [2.75, 3.05) is 13.7 Å². The Morgan fingerprint density at radius 2 is 1.88 bits per heavy atom. The zero-order chi connectivity index (χ0) is 30.5. The number of amides is 1. The monoisotopic (exact) mass is 580 g/mol. The fourth-order valence-corrected chi connectivity index (χ4v) is 9.72. The van der Waals surface area contributed by atoms with Crippen molar-refractivity contribution >= 4 is 17.5 Å². The minimum absolute atomic E-state index is 0.0458. The normalized spacial score (nSPS) is 34.8. The van der Waals surface area contributed by atoms with E-state index in [0.717, 1.165) is 18.4 Å². The van der Waals surface area contributed by atoms with Crippen LogP contribution in [-0.4, -0.2) is 57.2 Å². The average Bonchev–Trinajstić information content (AvgIpc) is 2.90. The quantitative estimate of drug-likeness (QED) is 0.276. The number of nitrogens with one attached hydrogen (secondary N) is 1. The van der Waals surface area contributed by atoms with Crippen LogP contribution in [0.15, 0.2) is 28.7 Å². The molecule has 0 saturated heterocycles. The lowest BCUT2D eigenvalue weighted by molar-refractivity contribution is -0.160. The Labute approximate surface area is 244 Å². The Morgan fingerprint density at radius 3 is 2.50 bits per heavy atom. The van der Waals surface area contributed by atoms with Crippen molar-refractivity contribution in [2.24, 2.45) is 46.7 Å². The molecular formula is C32H40N2O8. The average molecular weight is 581 g/mol. The van der Waals surface area contributed by atoms with E-state index in [1.165, 1.54) is 26.0 Å². The van der Waals surface area contributed by atoms with Crippen LogP contribution in [0, 0.1) is 40.9 Å². The van der Waals surface area contributed by atoms with Gasteiger partial charge in [-0.1, -0.05) is 20.8 Å². The Bertz CT molecular complexity index is 1470. The third-order valence-corrected chi connectivity index (χ3v) is 11.4. The molecule has 3 fully saturated rings. The van der Waals surface area contributed by atoms with Crippen LogP contribution < -0.4 is 15.8 Å². The van der Waals surface area contributed by atoms with Crippen LogP contribution in [0.3, 0.4) is 0 Å². The maximum Gasteiger partial charge on any atom is 0.255 e. The third kappa shape index (κ3) is 3.73. The molecule has 226 valence electrons. The number of phenolic OH excluding ortho intramolecular Hbond substituents is 1. The van der Waals surface area contributed by atoms with E-state index in [-0.39, 0.29) is 36.1 Å². The molecule has 6 aliphatic carbocycles. The number of benzene rings is 1. The number of aromatic hydroxyl groups is 1. The molecule has 42 heavy (non-hydrogen) atoms. The molecule has 0 aromatic heterocycles. The number of carbonyl (C=O) groups is 3. The number of aliphatic hydroxyl groups excluding tert-OH is 2. The van der Waals surface area contributed by atoms with Gasteiger partial charge in [-0.15, -0.1) is 0 Å². The highest BCUT2D eigenvalue weighted by Crippen LogP contribution is 2.64. The number of allylic oxidation sites excluding steroid dienone is 2. The second kappa shape index (κ2) is 9.57. The molecule has 0 heterocycles. The number of ether oxygens (including phenoxy) is 1. The highest BCUT2D eigenvalue weighted by molar-refractivity contribution is 6.24. The van der Waals surface area contributed by atoms with Gasteiger partial charge in [-0.05, 0) is 73.3 Å². The van der Waals surface area contributed by atoms with Crippen LogP contribution in [-0.2, 0) is 22.6 Å². The van der Waals surface area contributed by atoms with E-state index in [1.807, 2.05) is 0 Å². The van der Waals surface area contributed by atoms with Crippen molar-refractivity contribution in [3.05, 3.63) is 45.4 Å². The van der Waals surface area contributed by atoms with Crippen LogP contribution >= 0.6 is 0 Å². The second-order valence-corrected chi connectivity index (χ2v) is 13.6. The smallest absolute Gasteiger partial charge is 0.255 e. The van der Waals surface area contributed by atoms with Crippen molar-refractivity contribution in [1.82, 2.24) is 5.32 Å². The van der Waals surface area contributed by atoms with Gasteiger partial charge >= 0.3 is 0 Å². The number of hydrogen-bond donors (Lipinski definition) is 6. The van der Waals surface area contributed by atoms with E-state index in [2.05, 4.69) is 26.1 Å². The minimum Gasteiger partial charge on any atom is -0.511 e. The summed E-state index contributed by atoms with van der Waals surface area (Å²) < 4.78 is 5.79. The van der Waals surface area contributed by atoms with Gasteiger partial charge in [-0.2, -0.15) is 0 Å². The van der Waals surface area contributed by atoms with Crippen LogP contribution in [0.1, 0.15) is 67.9 Å². The predicted molar refractivity (Wildman–Crippen MR) is 152 cm³/mol. The number of ketones is 2. The van der Waals surface area contributed by atoms with Crippen LogP contribution in [0.2, 0.25) is 0 Å². The summed E-state index contributed by atoms with van der Waals surface area (Å²) in [5.74, 6) is -3.23. The molecule has 0 spiro atoms. The molecule has 1 aromatic carbocycles. The lowest BCUT2D eigenvalue weighted by atomic mass is 9.40. The Morgan fingerprint density at radius 1 is 1.17 bits per heavy atom. The number of phenols is 1. The van der Waals surface area contributed by atoms with Gasteiger partial charge < -0.3 is 36.2 Å². The van der Waals surface area contributed by atoms with Crippen molar-refractivity contribution in [2.45, 2.75) is 65.0 Å². The summed E-state index contributed by atoms with van der Waals surface area (Å²) in [6.45, 7) is 8.38. The lowest BCUT2D eigenvalue weighted by Crippen LogP contribution is -2.60. The number of primary amides is 1.